The Bertz CT molecular complexity index is 1160. The van der Waals surface area contributed by atoms with E-state index in [2.05, 4.69) is 16.0 Å². The van der Waals surface area contributed by atoms with Crippen LogP contribution in [0.2, 0.25) is 0 Å². The van der Waals surface area contributed by atoms with Crippen LogP contribution in [0, 0.1) is 17.0 Å². The van der Waals surface area contributed by atoms with Gasteiger partial charge in [-0.3, -0.25) is 19.7 Å². The maximum Gasteiger partial charge on any atom is 0.293 e. The summed E-state index contributed by atoms with van der Waals surface area (Å²) in [6.45, 7) is 2.54. The molecule has 0 heterocycles. The van der Waals surface area contributed by atoms with Gasteiger partial charge in [-0.2, -0.15) is 0 Å². The molecule has 3 N–H and O–H groups in total. The lowest BCUT2D eigenvalue weighted by Crippen LogP contribution is -2.16. The second kappa shape index (κ2) is 10.9. The van der Waals surface area contributed by atoms with Gasteiger partial charge in [0.2, 0.25) is 0 Å². The van der Waals surface area contributed by atoms with Crippen molar-refractivity contribution in [1.29, 1.82) is 0 Å². The molecule has 0 unspecified atom stereocenters. The lowest BCUT2D eigenvalue weighted by molar-refractivity contribution is -0.384. The third-order valence-electron chi connectivity index (χ3n) is 4.94. The molecule has 0 aliphatic heterocycles. The summed E-state index contributed by atoms with van der Waals surface area (Å²) in [5.74, 6) is -0.773. The Hall–Kier alpha value is -4.24. The average Bonchev–Trinajstić information content (AvgIpc) is 2.82. The van der Waals surface area contributed by atoms with Crippen molar-refractivity contribution in [3.8, 4) is 0 Å². The number of nitro groups is 1. The van der Waals surface area contributed by atoms with E-state index in [1.54, 1.807) is 49.4 Å². The zero-order valence-electron chi connectivity index (χ0n) is 18.3. The fraction of sp³-hybridized carbons (Fsp3) is 0.167. The molecule has 0 fully saturated rings. The predicted octanol–water partition coefficient (Wildman–Crippen LogP) is 4.47. The number of rotatable bonds is 9. The number of benzene rings is 3. The minimum Gasteiger partial charge on any atom is -0.383 e. The van der Waals surface area contributed by atoms with Gasteiger partial charge in [0.05, 0.1) is 11.5 Å². The molecule has 0 radical (unpaired) electrons. The van der Waals surface area contributed by atoms with Crippen molar-refractivity contribution < 1.29 is 19.2 Å². The van der Waals surface area contributed by atoms with Crippen molar-refractivity contribution >= 4 is 34.6 Å². The molecule has 0 spiro atoms. The molecule has 3 aromatic rings. The number of hydrogen-bond acceptors (Lipinski definition) is 6. The second-order valence-electron chi connectivity index (χ2n) is 7.16. The molecule has 3 aromatic carbocycles. The number of carbonyl (C=O) groups excluding carboxylic acids is 2. The Morgan fingerprint density at radius 3 is 2.12 bits per heavy atom. The molecule has 9 heteroatoms. The van der Waals surface area contributed by atoms with E-state index in [9.17, 15) is 19.7 Å². The summed E-state index contributed by atoms with van der Waals surface area (Å²) in [6, 6.07) is 18.1. The Morgan fingerprint density at radius 2 is 1.52 bits per heavy atom. The normalized spacial score (nSPS) is 10.4. The van der Waals surface area contributed by atoms with Gasteiger partial charge in [-0.05, 0) is 48.9 Å². The van der Waals surface area contributed by atoms with Gasteiger partial charge in [0.15, 0.2) is 0 Å². The summed E-state index contributed by atoms with van der Waals surface area (Å²) in [6.07, 6.45) is 0. The molecule has 0 atom stereocenters. The van der Waals surface area contributed by atoms with Crippen LogP contribution in [0.5, 0.6) is 0 Å². The number of hydrogen-bond donors (Lipinski definition) is 3. The first kappa shape index (κ1) is 23.4. The minimum atomic E-state index is -0.545. The summed E-state index contributed by atoms with van der Waals surface area (Å²) in [5, 5.41) is 20.0. The molecule has 33 heavy (non-hydrogen) atoms. The van der Waals surface area contributed by atoms with Crippen LogP contribution in [0.4, 0.5) is 22.7 Å². The molecule has 170 valence electrons. The lowest BCUT2D eigenvalue weighted by Gasteiger charge is -2.14. The largest absolute Gasteiger partial charge is 0.383 e. The third kappa shape index (κ3) is 5.92. The highest BCUT2D eigenvalue weighted by molar-refractivity contribution is 6.07. The van der Waals surface area contributed by atoms with Crippen LogP contribution in [0.15, 0.2) is 66.7 Å². The molecule has 9 nitrogen and oxygen atoms in total. The van der Waals surface area contributed by atoms with Gasteiger partial charge in [0.1, 0.15) is 5.69 Å². The first-order valence-corrected chi connectivity index (χ1v) is 10.2. The van der Waals surface area contributed by atoms with Gasteiger partial charge in [-0.25, -0.2) is 0 Å². The van der Waals surface area contributed by atoms with E-state index < -0.39 is 10.8 Å². The van der Waals surface area contributed by atoms with E-state index in [4.69, 9.17) is 4.74 Å². The van der Waals surface area contributed by atoms with Crippen LogP contribution in [0.1, 0.15) is 26.3 Å². The molecule has 2 amide bonds. The Balaban J connectivity index is 1.77. The first-order valence-electron chi connectivity index (χ1n) is 10.2. The van der Waals surface area contributed by atoms with Crippen LogP contribution in [0.25, 0.3) is 0 Å². The molecular formula is C24H24N4O5. The van der Waals surface area contributed by atoms with Gasteiger partial charge in [-0.1, -0.05) is 24.3 Å². The minimum absolute atomic E-state index is 0.136. The maximum absolute atomic E-state index is 12.8. The Morgan fingerprint density at radius 1 is 0.879 bits per heavy atom. The fourth-order valence-electron chi connectivity index (χ4n) is 3.15. The molecule has 0 saturated heterocycles. The number of nitrogens with zero attached hydrogens (tertiary/aromatic N) is 1. The van der Waals surface area contributed by atoms with Gasteiger partial charge in [0, 0.05) is 42.2 Å². The molecule has 0 aromatic heterocycles. The highest BCUT2D eigenvalue weighted by Gasteiger charge is 2.18. The second-order valence-corrected chi connectivity index (χ2v) is 7.16. The number of nitrogens with one attached hydrogen (secondary N) is 3. The molecule has 3 rings (SSSR count). The predicted molar refractivity (Wildman–Crippen MR) is 127 cm³/mol. The highest BCUT2D eigenvalue weighted by Crippen LogP contribution is 2.28. The van der Waals surface area contributed by atoms with E-state index in [1.807, 2.05) is 6.07 Å². The third-order valence-corrected chi connectivity index (χ3v) is 4.94. The van der Waals surface area contributed by atoms with E-state index in [0.29, 0.717) is 41.3 Å². The summed E-state index contributed by atoms with van der Waals surface area (Å²) in [4.78, 5) is 36.2. The van der Waals surface area contributed by atoms with Crippen LogP contribution in [-0.4, -0.2) is 37.0 Å². The topological polar surface area (TPSA) is 123 Å². The standard InChI is InChI=1S/C24H24N4O5/c1-16-19(26-23(29)17-7-4-3-5-8-17)9-6-10-20(16)27-24(30)18-11-12-21(25-13-14-33-2)22(15-18)28(31)32/h3-12,15,25H,13-14H2,1-2H3,(H,26,29)(H,27,30). The molecule has 0 aliphatic rings. The number of carbonyl (C=O) groups is 2. The van der Waals surface area contributed by atoms with E-state index in [0.717, 1.165) is 0 Å². The Labute approximate surface area is 190 Å². The van der Waals surface area contributed by atoms with Gasteiger partial charge in [0.25, 0.3) is 17.5 Å². The number of methoxy groups -OCH3 is 1. The van der Waals surface area contributed by atoms with Crippen LogP contribution >= 0.6 is 0 Å². The van der Waals surface area contributed by atoms with E-state index in [1.165, 1.54) is 25.3 Å². The monoisotopic (exact) mass is 448 g/mol. The summed E-state index contributed by atoms with van der Waals surface area (Å²) in [7, 11) is 1.54. The van der Waals surface area contributed by atoms with Gasteiger partial charge in [-0.15, -0.1) is 0 Å². The number of anilines is 3. The van der Waals surface area contributed by atoms with Crippen LogP contribution in [-0.2, 0) is 4.74 Å². The van der Waals surface area contributed by atoms with Crippen LogP contribution < -0.4 is 16.0 Å². The molecule has 0 saturated carbocycles. The van der Waals surface area contributed by atoms with E-state index in [-0.39, 0.29) is 17.2 Å². The Kier molecular flexibility index (Phi) is 7.72. The molecule has 0 bridgehead atoms. The quantitative estimate of drug-likeness (QED) is 0.252. The van der Waals surface area contributed by atoms with Gasteiger partial charge >= 0.3 is 0 Å². The maximum atomic E-state index is 12.8. The number of ether oxygens (including phenoxy) is 1. The summed E-state index contributed by atoms with van der Waals surface area (Å²) in [5.41, 5.74) is 2.42. The fourth-order valence-corrected chi connectivity index (χ4v) is 3.15. The van der Waals surface area contributed by atoms with Crippen molar-refractivity contribution in [1.82, 2.24) is 0 Å². The molecular weight excluding hydrogens is 424 g/mol. The first-order chi connectivity index (χ1) is 15.9. The zero-order valence-corrected chi connectivity index (χ0v) is 18.3. The van der Waals surface area contributed by atoms with Crippen LogP contribution in [0.3, 0.4) is 0 Å². The zero-order chi connectivity index (χ0) is 23.8. The lowest BCUT2D eigenvalue weighted by atomic mass is 10.1. The SMILES string of the molecule is COCCNc1ccc(C(=O)Nc2cccc(NC(=O)c3ccccc3)c2C)cc1[N+](=O)[O-]. The van der Waals surface area contributed by atoms with Gasteiger partial charge < -0.3 is 20.7 Å². The van der Waals surface area contributed by atoms with Crippen molar-refractivity contribution in [3.05, 3.63) is 93.5 Å². The van der Waals surface area contributed by atoms with Crippen molar-refractivity contribution in [3.63, 3.8) is 0 Å². The van der Waals surface area contributed by atoms with Crippen molar-refractivity contribution in [2.75, 3.05) is 36.2 Å². The average molecular weight is 448 g/mol. The van der Waals surface area contributed by atoms with E-state index >= 15 is 0 Å². The van der Waals surface area contributed by atoms with Crippen molar-refractivity contribution in [2.45, 2.75) is 6.92 Å². The summed E-state index contributed by atoms with van der Waals surface area (Å²) < 4.78 is 4.94. The number of nitro benzene ring substituents is 1. The van der Waals surface area contributed by atoms with Crippen molar-refractivity contribution in [2.24, 2.45) is 0 Å². The smallest absolute Gasteiger partial charge is 0.293 e. The number of amides is 2. The highest BCUT2D eigenvalue weighted by atomic mass is 16.6. The summed E-state index contributed by atoms with van der Waals surface area (Å²) >= 11 is 0. The molecule has 0 aliphatic carbocycles.